The van der Waals surface area contributed by atoms with Gasteiger partial charge in [-0.2, -0.15) is 0 Å². The van der Waals surface area contributed by atoms with E-state index in [4.69, 9.17) is 0 Å². The van der Waals surface area contributed by atoms with Crippen LogP contribution >= 0.6 is 0 Å². The summed E-state index contributed by atoms with van der Waals surface area (Å²) in [6.07, 6.45) is 7.03. The molecule has 0 aromatic heterocycles. The third-order valence-corrected chi connectivity index (χ3v) is 4.57. The summed E-state index contributed by atoms with van der Waals surface area (Å²) in [6, 6.07) is 1.52. The number of hydrogen-bond donors (Lipinski definition) is 0. The quantitative estimate of drug-likeness (QED) is 0.758. The van der Waals surface area contributed by atoms with Gasteiger partial charge in [-0.1, -0.05) is 40.0 Å². The van der Waals surface area contributed by atoms with Gasteiger partial charge < -0.3 is 10.2 Å². The fourth-order valence-electron chi connectivity index (χ4n) is 3.53. The SMILES string of the molecule is CC.CC1CCN(CC2CC3CC(C2)[N-]3)CC1.[V]. The van der Waals surface area contributed by atoms with E-state index in [1.54, 1.807) is 0 Å². The van der Waals surface area contributed by atoms with Gasteiger partial charge in [0.15, 0.2) is 0 Å². The van der Waals surface area contributed by atoms with Crippen molar-refractivity contribution in [2.75, 3.05) is 19.6 Å². The van der Waals surface area contributed by atoms with E-state index in [9.17, 15) is 0 Å². The van der Waals surface area contributed by atoms with Crippen molar-refractivity contribution in [2.45, 2.75) is 65.0 Å². The van der Waals surface area contributed by atoms with E-state index < -0.39 is 0 Å². The van der Waals surface area contributed by atoms with Gasteiger partial charge in [-0.05, 0) is 37.8 Å². The molecule has 0 aromatic rings. The monoisotopic (exact) mass is 288 g/mol. The van der Waals surface area contributed by atoms with Crippen LogP contribution in [0.2, 0.25) is 0 Å². The van der Waals surface area contributed by atoms with E-state index in [-0.39, 0.29) is 18.6 Å². The van der Waals surface area contributed by atoms with E-state index in [1.165, 1.54) is 51.7 Å². The molecule has 2 unspecified atom stereocenters. The Bertz CT molecular complexity index is 211. The molecule has 2 atom stereocenters. The van der Waals surface area contributed by atoms with Gasteiger partial charge in [0.1, 0.15) is 0 Å². The van der Waals surface area contributed by atoms with Crippen molar-refractivity contribution in [2.24, 2.45) is 11.8 Å². The van der Waals surface area contributed by atoms with Crippen molar-refractivity contribution in [3.8, 4) is 0 Å². The van der Waals surface area contributed by atoms with Gasteiger partial charge in [-0.25, -0.2) is 0 Å². The predicted octanol–water partition coefficient (Wildman–Crippen LogP) is 3.67. The second-order valence-electron chi connectivity index (χ2n) is 6.01. The molecule has 3 heterocycles. The number of nitrogens with zero attached hydrogens (tertiary/aromatic N) is 2. The second-order valence-corrected chi connectivity index (χ2v) is 6.01. The van der Waals surface area contributed by atoms with E-state index in [2.05, 4.69) is 17.1 Å². The van der Waals surface area contributed by atoms with Gasteiger partial charge >= 0.3 is 0 Å². The summed E-state index contributed by atoms with van der Waals surface area (Å²) in [5, 5.41) is 4.66. The van der Waals surface area contributed by atoms with Crippen LogP contribution in [0.3, 0.4) is 0 Å². The Morgan fingerprint density at radius 2 is 1.50 bits per heavy atom. The standard InChI is InChI=1S/C13H23N2.C2H6.V/c1-10-2-4-15(5-3-10)9-11-6-12-8-13(7-11)14-12;1-2;/h10-13H,2-9H2,1H3;1-2H3;/q-1;;. The molecule has 0 spiro atoms. The van der Waals surface area contributed by atoms with E-state index in [1.807, 2.05) is 13.8 Å². The van der Waals surface area contributed by atoms with Crippen LogP contribution in [-0.4, -0.2) is 36.6 Å². The summed E-state index contributed by atoms with van der Waals surface area (Å²) in [4.78, 5) is 2.70. The average Bonchev–Trinajstić information content (AvgIpc) is 2.34. The van der Waals surface area contributed by atoms with Crippen LogP contribution < -0.4 is 0 Å². The minimum Gasteiger partial charge on any atom is -0.657 e. The summed E-state index contributed by atoms with van der Waals surface area (Å²) in [5.74, 6) is 1.94. The second kappa shape index (κ2) is 7.94. The predicted molar refractivity (Wildman–Crippen MR) is 74.5 cm³/mol. The summed E-state index contributed by atoms with van der Waals surface area (Å²) in [5.41, 5.74) is 0. The topological polar surface area (TPSA) is 17.3 Å². The summed E-state index contributed by atoms with van der Waals surface area (Å²) < 4.78 is 0. The van der Waals surface area contributed by atoms with Crippen molar-refractivity contribution in [1.82, 2.24) is 4.90 Å². The zero-order valence-corrected chi connectivity index (χ0v) is 13.7. The van der Waals surface area contributed by atoms with Gasteiger partial charge in [-0.15, -0.1) is 12.1 Å². The molecule has 3 heteroatoms. The fraction of sp³-hybridized carbons (Fsp3) is 1.00. The number of fused-ring (bicyclic) bond motifs is 2. The molecule has 0 N–H and O–H groups in total. The molecule has 0 aromatic carbocycles. The Morgan fingerprint density at radius 3 is 2.00 bits per heavy atom. The molecular formula is C15H29N2V-. The normalized spacial score (nSPS) is 35.8. The van der Waals surface area contributed by atoms with Gasteiger partial charge in [0.25, 0.3) is 0 Å². The average molecular weight is 288 g/mol. The molecule has 1 saturated carbocycles. The van der Waals surface area contributed by atoms with E-state index in [0.29, 0.717) is 0 Å². The zero-order chi connectivity index (χ0) is 12.3. The van der Waals surface area contributed by atoms with Crippen LogP contribution in [0, 0.1) is 11.8 Å². The molecule has 18 heavy (non-hydrogen) atoms. The molecule has 105 valence electrons. The smallest absolute Gasteiger partial charge is 0.000861 e. The molecule has 4 rings (SSSR count). The maximum atomic E-state index is 4.66. The van der Waals surface area contributed by atoms with Crippen molar-refractivity contribution in [1.29, 1.82) is 0 Å². The van der Waals surface area contributed by atoms with Crippen LogP contribution in [0.15, 0.2) is 0 Å². The maximum Gasteiger partial charge on any atom is 0.000861 e. The number of likely N-dealkylation sites (tertiary alicyclic amines) is 1. The van der Waals surface area contributed by atoms with Crippen molar-refractivity contribution in [3.05, 3.63) is 5.32 Å². The van der Waals surface area contributed by atoms with Crippen molar-refractivity contribution >= 4 is 0 Å². The largest absolute Gasteiger partial charge is 0.657 e. The van der Waals surface area contributed by atoms with Crippen molar-refractivity contribution < 1.29 is 18.6 Å². The van der Waals surface area contributed by atoms with Crippen LogP contribution in [0.4, 0.5) is 0 Å². The van der Waals surface area contributed by atoms with Gasteiger partial charge in [0.2, 0.25) is 0 Å². The first kappa shape index (κ1) is 16.6. The van der Waals surface area contributed by atoms with Crippen LogP contribution in [0.1, 0.15) is 52.9 Å². The Kier molecular flexibility index (Phi) is 7.30. The Morgan fingerprint density at radius 1 is 1.00 bits per heavy atom. The molecule has 2 nitrogen and oxygen atoms in total. The molecule has 3 saturated heterocycles. The summed E-state index contributed by atoms with van der Waals surface area (Å²) in [6.45, 7) is 10.5. The van der Waals surface area contributed by atoms with Crippen LogP contribution in [-0.2, 0) is 18.6 Å². The van der Waals surface area contributed by atoms with Crippen molar-refractivity contribution in [3.63, 3.8) is 0 Å². The van der Waals surface area contributed by atoms with Gasteiger partial charge in [-0.3, -0.25) is 0 Å². The maximum absolute atomic E-state index is 4.66. The number of hydrogen-bond acceptors (Lipinski definition) is 1. The Hall–Kier alpha value is 0.504. The first-order valence-electron chi connectivity index (χ1n) is 7.72. The Labute approximate surface area is 125 Å². The summed E-state index contributed by atoms with van der Waals surface area (Å²) in [7, 11) is 0. The molecule has 3 aliphatic heterocycles. The molecule has 1 radical (unpaired) electrons. The van der Waals surface area contributed by atoms with E-state index in [0.717, 1.165) is 23.9 Å². The van der Waals surface area contributed by atoms with E-state index >= 15 is 0 Å². The molecular weight excluding hydrogens is 259 g/mol. The molecule has 4 fully saturated rings. The molecule has 2 bridgehead atoms. The minimum atomic E-state index is 0. The fourth-order valence-corrected chi connectivity index (χ4v) is 3.53. The number of piperidine rings is 2. The summed E-state index contributed by atoms with van der Waals surface area (Å²) >= 11 is 0. The molecule has 4 aliphatic rings. The third kappa shape index (κ3) is 4.26. The third-order valence-electron chi connectivity index (χ3n) is 4.57. The van der Waals surface area contributed by atoms with Gasteiger partial charge in [0, 0.05) is 25.1 Å². The molecule has 0 amide bonds. The zero-order valence-electron chi connectivity index (χ0n) is 12.3. The number of rotatable bonds is 2. The minimum absolute atomic E-state index is 0. The van der Waals surface area contributed by atoms with Crippen LogP contribution in [0.25, 0.3) is 5.32 Å². The van der Waals surface area contributed by atoms with Crippen LogP contribution in [0.5, 0.6) is 0 Å². The molecule has 1 aliphatic carbocycles. The first-order valence-corrected chi connectivity index (χ1v) is 7.72. The first-order chi connectivity index (χ1) is 8.29. The Balaban J connectivity index is 0.000000516. The van der Waals surface area contributed by atoms with Gasteiger partial charge in [0.05, 0.1) is 0 Å².